The molecular formula is C13H17BrN2O3S. The van der Waals surface area contributed by atoms with Gasteiger partial charge in [0.25, 0.3) is 0 Å². The van der Waals surface area contributed by atoms with E-state index in [-0.39, 0.29) is 19.0 Å². The Morgan fingerprint density at radius 3 is 2.50 bits per heavy atom. The lowest BCUT2D eigenvalue weighted by Gasteiger charge is -2.19. The molecule has 5 nitrogen and oxygen atoms in total. The first-order chi connectivity index (χ1) is 9.32. The largest absolute Gasteiger partial charge is 0.351 e. The maximum atomic E-state index is 11.7. The third kappa shape index (κ3) is 5.85. The number of nitrogens with one attached hydrogen (secondary N) is 1. The zero-order valence-corrected chi connectivity index (χ0v) is 13.6. The second-order valence-corrected chi connectivity index (χ2v) is 7.15. The summed E-state index contributed by atoms with van der Waals surface area (Å²) in [5.74, 6) is -0.354. The lowest BCUT2D eigenvalue weighted by Crippen LogP contribution is -2.39. The van der Waals surface area contributed by atoms with Crippen LogP contribution in [0, 0.1) is 0 Å². The minimum Gasteiger partial charge on any atom is -0.351 e. The zero-order valence-electron chi connectivity index (χ0n) is 11.2. The van der Waals surface area contributed by atoms with Crippen LogP contribution in [0.25, 0.3) is 0 Å². The van der Waals surface area contributed by atoms with Crippen LogP contribution >= 0.6 is 15.9 Å². The van der Waals surface area contributed by atoms with Crippen LogP contribution in [0.4, 0.5) is 0 Å². The summed E-state index contributed by atoms with van der Waals surface area (Å²) in [7, 11) is -3.46. The molecule has 0 radical (unpaired) electrons. The van der Waals surface area contributed by atoms with Crippen LogP contribution in [0.1, 0.15) is 5.56 Å². The Morgan fingerprint density at radius 2 is 2.00 bits per heavy atom. The van der Waals surface area contributed by atoms with E-state index in [2.05, 4.69) is 27.8 Å². The predicted molar refractivity (Wildman–Crippen MR) is 82.6 cm³/mol. The van der Waals surface area contributed by atoms with Crippen LogP contribution in [0.3, 0.4) is 0 Å². The molecule has 0 unspecified atom stereocenters. The fourth-order valence-corrected chi connectivity index (χ4v) is 2.49. The van der Waals surface area contributed by atoms with E-state index in [1.54, 1.807) is 0 Å². The summed E-state index contributed by atoms with van der Waals surface area (Å²) in [5.41, 5.74) is 0.815. The highest BCUT2D eigenvalue weighted by Crippen LogP contribution is 2.13. The molecule has 1 rings (SSSR count). The Kier molecular flexibility index (Phi) is 6.38. The van der Waals surface area contributed by atoms with Crippen molar-refractivity contribution < 1.29 is 13.2 Å². The van der Waals surface area contributed by atoms with Gasteiger partial charge in [-0.15, -0.1) is 6.58 Å². The number of halogens is 1. The van der Waals surface area contributed by atoms with Crippen LogP contribution in [0.15, 0.2) is 41.4 Å². The molecule has 0 aromatic heterocycles. The van der Waals surface area contributed by atoms with Crippen molar-refractivity contribution in [3.8, 4) is 0 Å². The van der Waals surface area contributed by atoms with Gasteiger partial charge in [-0.2, -0.15) is 4.31 Å². The number of carbonyl (C=O) groups excluding carboxylic acids is 1. The molecule has 110 valence electrons. The standard InChI is InChI=1S/C13H17BrN2O3S/c1-3-8-15-13(17)10-16(20(2,18)19)9-11-4-6-12(14)7-5-11/h3-7H,1,8-10H2,2H3,(H,15,17). The SMILES string of the molecule is C=CCNC(=O)CN(Cc1ccc(Br)cc1)S(C)(=O)=O. The van der Waals surface area contributed by atoms with E-state index < -0.39 is 10.0 Å². The molecule has 0 spiro atoms. The van der Waals surface area contributed by atoms with Crippen LogP contribution < -0.4 is 5.32 Å². The summed E-state index contributed by atoms with van der Waals surface area (Å²) in [6, 6.07) is 7.27. The van der Waals surface area contributed by atoms with Gasteiger partial charge in [-0.05, 0) is 17.7 Å². The van der Waals surface area contributed by atoms with Crippen LogP contribution in [0.5, 0.6) is 0 Å². The van der Waals surface area contributed by atoms with Crippen molar-refractivity contribution in [3.63, 3.8) is 0 Å². The Hall–Kier alpha value is -1.18. The van der Waals surface area contributed by atoms with E-state index in [1.807, 2.05) is 24.3 Å². The average molecular weight is 361 g/mol. The minimum atomic E-state index is -3.46. The number of hydrogen-bond acceptors (Lipinski definition) is 3. The number of hydrogen-bond donors (Lipinski definition) is 1. The summed E-state index contributed by atoms with van der Waals surface area (Å²) in [6.07, 6.45) is 2.63. The van der Waals surface area contributed by atoms with Crippen molar-refractivity contribution in [2.45, 2.75) is 6.54 Å². The molecule has 1 amide bonds. The fraction of sp³-hybridized carbons (Fsp3) is 0.308. The number of amides is 1. The first kappa shape index (κ1) is 16.9. The third-order valence-electron chi connectivity index (χ3n) is 2.50. The van der Waals surface area contributed by atoms with Gasteiger partial charge in [0.05, 0.1) is 12.8 Å². The van der Waals surface area contributed by atoms with E-state index in [0.717, 1.165) is 20.6 Å². The molecule has 0 heterocycles. The van der Waals surface area contributed by atoms with E-state index in [1.165, 1.54) is 6.08 Å². The Morgan fingerprint density at radius 1 is 1.40 bits per heavy atom. The topological polar surface area (TPSA) is 66.5 Å². The maximum absolute atomic E-state index is 11.7. The van der Waals surface area contributed by atoms with Gasteiger partial charge < -0.3 is 5.32 Å². The zero-order chi connectivity index (χ0) is 15.2. The van der Waals surface area contributed by atoms with Gasteiger partial charge in [0.2, 0.25) is 15.9 Å². The summed E-state index contributed by atoms with van der Waals surface area (Å²) in [6.45, 7) is 3.75. The Bertz CT molecular complexity index is 570. The molecule has 7 heteroatoms. The first-order valence-corrected chi connectivity index (χ1v) is 8.54. The van der Waals surface area contributed by atoms with Gasteiger partial charge >= 0.3 is 0 Å². The summed E-state index contributed by atoms with van der Waals surface area (Å²) in [4.78, 5) is 11.6. The second kappa shape index (κ2) is 7.56. The normalized spacial score (nSPS) is 11.3. The molecular weight excluding hydrogens is 344 g/mol. The van der Waals surface area contributed by atoms with Crippen molar-refractivity contribution in [1.29, 1.82) is 0 Å². The van der Waals surface area contributed by atoms with Gasteiger partial charge in [-0.25, -0.2) is 8.42 Å². The van der Waals surface area contributed by atoms with Crippen molar-refractivity contribution in [2.75, 3.05) is 19.3 Å². The van der Waals surface area contributed by atoms with Gasteiger partial charge in [-0.1, -0.05) is 34.1 Å². The van der Waals surface area contributed by atoms with Crippen molar-refractivity contribution in [1.82, 2.24) is 9.62 Å². The molecule has 0 saturated heterocycles. The monoisotopic (exact) mass is 360 g/mol. The molecule has 0 aliphatic carbocycles. The van der Waals surface area contributed by atoms with E-state index in [0.29, 0.717) is 6.54 Å². The highest BCUT2D eigenvalue weighted by molar-refractivity contribution is 9.10. The Balaban J connectivity index is 2.78. The molecule has 0 aliphatic rings. The molecule has 1 aromatic carbocycles. The lowest BCUT2D eigenvalue weighted by atomic mass is 10.2. The van der Waals surface area contributed by atoms with E-state index in [9.17, 15) is 13.2 Å². The van der Waals surface area contributed by atoms with Crippen molar-refractivity contribution in [2.24, 2.45) is 0 Å². The quantitative estimate of drug-likeness (QED) is 0.749. The molecule has 0 bridgehead atoms. The first-order valence-electron chi connectivity index (χ1n) is 5.90. The molecule has 1 N–H and O–H groups in total. The third-order valence-corrected chi connectivity index (χ3v) is 4.23. The van der Waals surface area contributed by atoms with Gasteiger partial charge in [0.15, 0.2) is 0 Å². The minimum absolute atomic E-state index is 0.160. The second-order valence-electron chi connectivity index (χ2n) is 4.25. The van der Waals surface area contributed by atoms with Crippen molar-refractivity contribution in [3.05, 3.63) is 47.0 Å². The van der Waals surface area contributed by atoms with Crippen molar-refractivity contribution >= 4 is 31.9 Å². The van der Waals surface area contributed by atoms with Crippen LogP contribution in [-0.4, -0.2) is 38.0 Å². The average Bonchev–Trinajstić information content (AvgIpc) is 2.37. The maximum Gasteiger partial charge on any atom is 0.235 e. The molecule has 0 saturated carbocycles. The highest BCUT2D eigenvalue weighted by Gasteiger charge is 2.20. The summed E-state index contributed by atoms with van der Waals surface area (Å²) >= 11 is 3.31. The lowest BCUT2D eigenvalue weighted by molar-refractivity contribution is -0.121. The molecule has 20 heavy (non-hydrogen) atoms. The smallest absolute Gasteiger partial charge is 0.235 e. The molecule has 0 atom stereocenters. The van der Waals surface area contributed by atoms with Gasteiger partial charge in [-0.3, -0.25) is 4.79 Å². The Labute approximate surface area is 127 Å². The predicted octanol–water partition coefficient (Wildman–Crippen LogP) is 1.51. The summed E-state index contributed by atoms with van der Waals surface area (Å²) < 4.78 is 25.5. The van der Waals surface area contributed by atoms with Crippen LogP contribution in [0.2, 0.25) is 0 Å². The van der Waals surface area contributed by atoms with Gasteiger partial charge in [0.1, 0.15) is 0 Å². The molecule has 1 aromatic rings. The molecule has 0 aliphatic heterocycles. The number of benzene rings is 1. The highest BCUT2D eigenvalue weighted by atomic mass is 79.9. The molecule has 0 fully saturated rings. The summed E-state index contributed by atoms with van der Waals surface area (Å²) in [5, 5.41) is 2.56. The van der Waals surface area contributed by atoms with E-state index in [4.69, 9.17) is 0 Å². The number of carbonyl (C=O) groups is 1. The number of rotatable bonds is 7. The number of sulfonamides is 1. The van der Waals surface area contributed by atoms with Crippen LogP contribution in [-0.2, 0) is 21.4 Å². The van der Waals surface area contributed by atoms with E-state index >= 15 is 0 Å². The fourth-order valence-electron chi connectivity index (χ4n) is 1.49. The number of nitrogens with zero attached hydrogens (tertiary/aromatic N) is 1. The van der Waals surface area contributed by atoms with Gasteiger partial charge in [0, 0.05) is 17.6 Å².